The number of hydrogen-bond acceptors (Lipinski definition) is 4. The molecule has 1 amide bonds. The summed E-state index contributed by atoms with van der Waals surface area (Å²) < 4.78 is 1.66. The van der Waals surface area contributed by atoms with Crippen molar-refractivity contribution in [3.05, 3.63) is 42.0 Å². The van der Waals surface area contributed by atoms with Crippen LogP contribution in [0.5, 0.6) is 0 Å². The molecule has 3 rings (SSSR count). The monoisotopic (exact) mass is 327 g/mol. The first-order valence-electron chi connectivity index (χ1n) is 8.57. The van der Waals surface area contributed by atoms with Crippen molar-refractivity contribution in [2.75, 3.05) is 12.4 Å². The number of carbonyl (C=O) groups is 1. The first-order valence-corrected chi connectivity index (χ1v) is 8.57. The van der Waals surface area contributed by atoms with Gasteiger partial charge >= 0.3 is 0 Å². The van der Waals surface area contributed by atoms with Gasteiger partial charge in [0.25, 0.3) is 0 Å². The third-order valence-corrected chi connectivity index (χ3v) is 4.70. The zero-order valence-corrected chi connectivity index (χ0v) is 14.3. The summed E-state index contributed by atoms with van der Waals surface area (Å²) in [5, 5.41) is 10.4. The van der Waals surface area contributed by atoms with E-state index in [1.807, 2.05) is 18.5 Å². The molecule has 0 spiro atoms. The summed E-state index contributed by atoms with van der Waals surface area (Å²) in [6.45, 7) is 2.39. The average Bonchev–Trinajstić information content (AvgIpc) is 3.02. The average molecular weight is 327 g/mol. The van der Waals surface area contributed by atoms with Gasteiger partial charge in [0.2, 0.25) is 5.91 Å². The molecule has 2 aromatic rings. The molecule has 2 heterocycles. The lowest BCUT2D eigenvalue weighted by molar-refractivity contribution is -0.121. The summed E-state index contributed by atoms with van der Waals surface area (Å²) in [7, 11) is 1.63. The lowest BCUT2D eigenvalue weighted by Crippen LogP contribution is -2.27. The molecule has 0 radical (unpaired) electrons. The van der Waals surface area contributed by atoms with Crippen molar-refractivity contribution in [2.45, 2.75) is 51.1 Å². The van der Waals surface area contributed by atoms with Crippen molar-refractivity contribution in [1.29, 1.82) is 0 Å². The van der Waals surface area contributed by atoms with Gasteiger partial charge in [0, 0.05) is 37.1 Å². The van der Waals surface area contributed by atoms with Crippen LogP contribution in [0.2, 0.25) is 0 Å². The molecule has 2 N–H and O–H groups in total. The van der Waals surface area contributed by atoms with E-state index >= 15 is 0 Å². The molecule has 128 valence electrons. The van der Waals surface area contributed by atoms with E-state index in [4.69, 9.17) is 0 Å². The molecule has 1 aliphatic carbocycles. The topological polar surface area (TPSA) is 71.8 Å². The van der Waals surface area contributed by atoms with E-state index < -0.39 is 0 Å². The molecule has 1 aliphatic rings. The number of carbonyl (C=O) groups excluding carboxylic acids is 1. The molecule has 1 fully saturated rings. The summed E-state index contributed by atoms with van der Waals surface area (Å²) in [6.07, 6.45) is 10.2. The number of hydrogen-bond donors (Lipinski definition) is 2. The van der Waals surface area contributed by atoms with Gasteiger partial charge in [-0.3, -0.25) is 14.5 Å². The second kappa shape index (κ2) is 7.47. The van der Waals surface area contributed by atoms with Crippen LogP contribution in [0.3, 0.4) is 0 Å². The van der Waals surface area contributed by atoms with Crippen LogP contribution in [0.25, 0.3) is 0 Å². The van der Waals surface area contributed by atoms with E-state index in [1.54, 1.807) is 17.9 Å². The van der Waals surface area contributed by atoms with Crippen molar-refractivity contribution in [3.63, 3.8) is 0 Å². The quantitative estimate of drug-likeness (QED) is 0.885. The molecule has 0 unspecified atom stereocenters. The maximum atomic E-state index is 11.4. The molecule has 2 atom stereocenters. The van der Waals surface area contributed by atoms with Gasteiger partial charge in [-0.2, -0.15) is 5.10 Å². The maximum absolute atomic E-state index is 11.4. The van der Waals surface area contributed by atoms with Crippen LogP contribution in [0.4, 0.5) is 5.69 Å². The molecule has 1 saturated carbocycles. The number of amides is 1. The molecular formula is C18H25N5O. The van der Waals surface area contributed by atoms with E-state index in [0.29, 0.717) is 12.0 Å². The number of aromatic nitrogens is 3. The van der Waals surface area contributed by atoms with Crippen molar-refractivity contribution < 1.29 is 4.79 Å². The van der Waals surface area contributed by atoms with Gasteiger partial charge in [0.05, 0.1) is 11.9 Å². The Hall–Kier alpha value is -2.37. The Kier molecular flexibility index (Phi) is 5.13. The van der Waals surface area contributed by atoms with E-state index in [2.05, 4.69) is 33.7 Å². The van der Waals surface area contributed by atoms with Gasteiger partial charge < -0.3 is 10.6 Å². The number of anilines is 1. The Bertz CT molecular complexity index is 696. The van der Waals surface area contributed by atoms with Crippen LogP contribution in [0.15, 0.2) is 30.7 Å². The number of aryl methyl sites for hydroxylation is 1. The standard InChI is InChI=1S/C18H25N5O/c1-13-5-4-8-20-18(13)14-6-3-7-15(9-14)22-16-10-21-23(11-16)12-17(24)19-2/h4-5,8,10-11,14-15,22H,3,6-7,9,12H2,1-2H3,(H,19,24)/t14-,15+/m0/s1. The molecular weight excluding hydrogens is 302 g/mol. The highest BCUT2D eigenvalue weighted by Gasteiger charge is 2.25. The summed E-state index contributed by atoms with van der Waals surface area (Å²) in [5.41, 5.74) is 3.49. The SMILES string of the molecule is CNC(=O)Cn1cc(N[C@@H]2CCC[C@H](c3ncccc3C)C2)cn1. The van der Waals surface area contributed by atoms with E-state index in [-0.39, 0.29) is 12.5 Å². The molecule has 6 heteroatoms. The van der Waals surface area contributed by atoms with E-state index in [9.17, 15) is 4.79 Å². The maximum Gasteiger partial charge on any atom is 0.241 e. The number of nitrogens with zero attached hydrogens (tertiary/aromatic N) is 3. The Balaban J connectivity index is 1.61. The first kappa shape index (κ1) is 16.5. The smallest absolute Gasteiger partial charge is 0.241 e. The van der Waals surface area contributed by atoms with E-state index in [0.717, 1.165) is 18.5 Å². The van der Waals surface area contributed by atoms with Crippen LogP contribution >= 0.6 is 0 Å². The zero-order chi connectivity index (χ0) is 16.9. The summed E-state index contributed by atoms with van der Waals surface area (Å²) in [5.74, 6) is 0.464. The Labute approximate surface area is 142 Å². The fraction of sp³-hybridized carbons (Fsp3) is 0.500. The van der Waals surface area contributed by atoms with Crippen LogP contribution in [-0.2, 0) is 11.3 Å². The zero-order valence-electron chi connectivity index (χ0n) is 14.3. The summed E-state index contributed by atoms with van der Waals surface area (Å²) in [4.78, 5) is 16.0. The number of nitrogens with one attached hydrogen (secondary N) is 2. The number of likely N-dealkylation sites (N-methyl/N-ethyl adjacent to an activating group) is 1. The highest BCUT2D eigenvalue weighted by Crippen LogP contribution is 2.34. The van der Waals surface area contributed by atoms with Crippen molar-refractivity contribution >= 4 is 11.6 Å². The Morgan fingerprint density at radius 1 is 1.42 bits per heavy atom. The number of pyridine rings is 1. The van der Waals surface area contributed by atoms with Crippen LogP contribution < -0.4 is 10.6 Å². The highest BCUT2D eigenvalue weighted by molar-refractivity contribution is 5.75. The molecule has 6 nitrogen and oxygen atoms in total. The predicted molar refractivity (Wildman–Crippen MR) is 93.9 cm³/mol. The molecule has 2 aromatic heterocycles. The lowest BCUT2D eigenvalue weighted by atomic mass is 9.82. The minimum Gasteiger partial charge on any atom is -0.380 e. The first-order chi connectivity index (χ1) is 11.7. The fourth-order valence-electron chi connectivity index (χ4n) is 3.48. The van der Waals surface area contributed by atoms with Gasteiger partial charge in [-0.15, -0.1) is 0 Å². The molecule has 0 aromatic carbocycles. The van der Waals surface area contributed by atoms with Gasteiger partial charge in [-0.05, 0) is 37.8 Å². The van der Waals surface area contributed by atoms with Crippen LogP contribution in [0, 0.1) is 6.92 Å². The second-order valence-corrected chi connectivity index (χ2v) is 6.51. The van der Waals surface area contributed by atoms with Gasteiger partial charge in [-0.25, -0.2) is 0 Å². The van der Waals surface area contributed by atoms with Crippen LogP contribution in [0.1, 0.15) is 42.9 Å². The van der Waals surface area contributed by atoms with Crippen LogP contribution in [-0.4, -0.2) is 33.8 Å². The van der Waals surface area contributed by atoms with Gasteiger partial charge in [-0.1, -0.05) is 12.5 Å². The summed E-state index contributed by atoms with van der Waals surface area (Å²) in [6, 6.07) is 4.56. The second-order valence-electron chi connectivity index (χ2n) is 6.51. The highest BCUT2D eigenvalue weighted by atomic mass is 16.1. The predicted octanol–water partition coefficient (Wildman–Crippen LogP) is 2.47. The fourth-order valence-corrected chi connectivity index (χ4v) is 3.48. The largest absolute Gasteiger partial charge is 0.380 e. The van der Waals surface area contributed by atoms with Crippen molar-refractivity contribution in [1.82, 2.24) is 20.1 Å². The normalized spacial score (nSPS) is 20.6. The third kappa shape index (κ3) is 3.93. The molecule has 0 saturated heterocycles. The summed E-state index contributed by atoms with van der Waals surface area (Å²) >= 11 is 0. The lowest BCUT2D eigenvalue weighted by Gasteiger charge is -2.30. The molecule has 0 bridgehead atoms. The minimum absolute atomic E-state index is 0.0481. The van der Waals surface area contributed by atoms with Crippen molar-refractivity contribution in [2.24, 2.45) is 0 Å². The Morgan fingerprint density at radius 2 is 2.29 bits per heavy atom. The third-order valence-electron chi connectivity index (χ3n) is 4.70. The van der Waals surface area contributed by atoms with Gasteiger partial charge in [0.1, 0.15) is 6.54 Å². The number of rotatable bonds is 5. The molecule has 24 heavy (non-hydrogen) atoms. The molecule has 0 aliphatic heterocycles. The minimum atomic E-state index is -0.0481. The Morgan fingerprint density at radius 3 is 3.08 bits per heavy atom. The van der Waals surface area contributed by atoms with E-state index in [1.165, 1.54) is 24.1 Å². The van der Waals surface area contributed by atoms with Crippen molar-refractivity contribution in [3.8, 4) is 0 Å². The van der Waals surface area contributed by atoms with Gasteiger partial charge in [0.15, 0.2) is 0 Å².